The zero-order valence-corrected chi connectivity index (χ0v) is 9.60. The van der Waals surface area contributed by atoms with Gasteiger partial charge in [0.15, 0.2) is 0 Å². The second-order valence-electron chi connectivity index (χ2n) is 4.04. The van der Waals surface area contributed by atoms with Crippen molar-refractivity contribution in [2.75, 3.05) is 6.54 Å². The molecule has 0 radical (unpaired) electrons. The Hall–Kier alpha value is -1.92. The molecule has 0 aromatic carbocycles. The van der Waals surface area contributed by atoms with E-state index in [9.17, 15) is 19.2 Å². The summed E-state index contributed by atoms with van der Waals surface area (Å²) in [6.45, 7) is 2.46. The number of carboxylic acids is 1. The van der Waals surface area contributed by atoms with Crippen molar-refractivity contribution in [3.05, 3.63) is 0 Å². The average molecular weight is 242 g/mol. The summed E-state index contributed by atoms with van der Waals surface area (Å²) in [5.74, 6) is -3.02. The van der Waals surface area contributed by atoms with Crippen LogP contribution in [0.25, 0.3) is 0 Å². The lowest BCUT2D eigenvalue weighted by Gasteiger charge is -2.20. The number of nitrogens with one attached hydrogen (secondary N) is 1. The van der Waals surface area contributed by atoms with Crippen molar-refractivity contribution in [2.24, 2.45) is 5.92 Å². The van der Waals surface area contributed by atoms with E-state index in [-0.39, 0.29) is 13.0 Å². The van der Waals surface area contributed by atoms with Crippen LogP contribution in [0.15, 0.2) is 0 Å². The molecule has 7 nitrogen and oxygen atoms in total. The fourth-order valence-electron chi connectivity index (χ4n) is 1.65. The minimum absolute atomic E-state index is 0.0885. The number of rotatable bonds is 4. The van der Waals surface area contributed by atoms with Gasteiger partial charge in [0.25, 0.3) is 0 Å². The first-order valence-corrected chi connectivity index (χ1v) is 5.17. The third-order valence-corrected chi connectivity index (χ3v) is 2.51. The second-order valence-corrected chi connectivity index (χ2v) is 4.04. The van der Waals surface area contributed by atoms with Gasteiger partial charge >= 0.3 is 5.97 Å². The summed E-state index contributed by atoms with van der Waals surface area (Å²) in [5, 5.41) is 11.0. The molecule has 94 valence electrons. The molecular formula is C10H14N2O5. The first kappa shape index (κ1) is 13.1. The van der Waals surface area contributed by atoms with Crippen molar-refractivity contribution in [1.29, 1.82) is 0 Å². The van der Waals surface area contributed by atoms with Gasteiger partial charge in [0.2, 0.25) is 17.7 Å². The number of carbonyl (C=O) groups excluding carboxylic acids is 3. The Kier molecular flexibility index (Phi) is 3.82. The third-order valence-electron chi connectivity index (χ3n) is 2.51. The van der Waals surface area contributed by atoms with Gasteiger partial charge in [-0.25, -0.2) is 4.79 Å². The number of carbonyl (C=O) groups is 4. The molecule has 1 aliphatic heterocycles. The highest BCUT2D eigenvalue weighted by Gasteiger charge is 2.38. The Balaban J connectivity index is 2.73. The minimum Gasteiger partial charge on any atom is -0.480 e. The normalized spacial score (nSPS) is 21.5. The molecule has 1 heterocycles. The topological polar surface area (TPSA) is 104 Å². The monoisotopic (exact) mass is 242 g/mol. The lowest BCUT2D eigenvalue weighted by atomic mass is 10.1. The summed E-state index contributed by atoms with van der Waals surface area (Å²) >= 11 is 0. The molecule has 3 amide bonds. The van der Waals surface area contributed by atoms with Gasteiger partial charge in [-0.15, -0.1) is 0 Å². The van der Waals surface area contributed by atoms with E-state index in [0.717, 1.165) is 4.90 Å². The zero-order chi connectivity index (χ0) is 13.2. The minimum atomic E-state index is -1.28. The maximum atomic E-state index is 11.6. The van der Waals surface area contributed by atoms with Crippen LogP contribution in [-0.2, 0) is 19.2 Å². The third kappa shape index (κ3) is 3.02. The fourth-order valence-corrected chi connectivity index (χ4v) is 1.65. The van der Waals surface area contributed by atoms with Gasteiger partial charge in [-0.1, -0.05) is 6.92 Å². The van der Waals surface area contributed by atoms with Gasteiger partial charge in [-0.2, -0.15) is 0 Å². The van der Waals surface area contributed by atoms with Crippen LogP contribution in [0.1, 0.15) is 20.3 Å². The van der Waals surface area contributed by atoms with E-state index < -0.39 is 35.7 Å². The average Bonchev–Trinajstić information content (AvgIpc) is 2.43. The highest BCUT2D eigenvalue weighted by Crippen LogP contribution is 2.18. The molecule has 1 aliphatic rings. The summed E-state index contributed by atoms with van der Waals surface area (Å²) in [7, 11) is 0. The molecule has 7 heteroatoms. The highest BCUT2D eigenvalue weighted by atomic mass is 16.4. The standard InChI is InChI=1S/C10H14N2O5/c1-5-3-8(14)12(9(5)15)4-7(10(16)17)11-6(2)13/h5,7H,3-4H2,1-2H3,(H,11,13)(H,16,17). The van der Waals surface area contributed by atoms with Crippen molar-refractivity contribution in [2.45, 2.75) is 26.3 Å². The molecule has 0 saturated carbocycles. The smallest absolute Gasteiger partial charge is 0.328 e. The van der Waals surface area contributed by atoms with Crippen LogP contribution in [0.3, 0.4) is 0 Å². The van der Waals surface area contributed by atoms with E-state index in [1.54, 1.807) is 6.92 Å². The van der Waals surface area contributed by atoms with Crippen LogP contribution >= 0.6 is 0 Å². The number of hydrogen-bond donors (Lipinski definition) is 2. The van der Waals surface area contributed by atoms with Crippen LogP contribution in [0.4, 0.5) is 0 Å². The molecule has 0 spiro atoms. The maximum Gasteiger partial charge on any atom is 0.328 e. The first-order valence-electron chi connectivity index (χ1n) is 5.17. The molecule has 2 N–H and O–H groups in total. The first-order chi connectivity index (χ1) is 7.82. The molecule has 1 rings (SSSR count). The van der Waals surface area contributed by atoms with Gasteiger partial charge in [-0.05, 0) is 0 Å². The number of hydrogen-bond acceptors (Lipinski definition) is 4. The molecule has 0 aliphatic carbocycles. The largest absolute Gasteiger partial charge is 0.480 e. The molecule has 0 aromatic heterocycles. The summed E-state index contributed by atoms with van der Waals surface area (Å²) in [6, 6.07) is -1.26. The van der Waals surface area contributed by atoms with E-state index in [4.69, 9.17) is 5.11 Å². The Labute approximate surface area is 97.8 Å². The van der Waals surface area contributed by atoms with Crippen LogP contribution in [0.5, 0.6) is 0 Å². The van der Waals surface area contributed by atoms with Crippen molar-refractivity contribution in [3.8, 4) is 0 Å². The van der Waals surface area contributed by atoms with Crippen molar-refractivity contribution in [1.82, 2.24) is 10.2 Å². The summed E-state index contributed by atoms with van der Waals surface area (Å²) in [4.78, 5) is 45.5. The molecule has 0 aromatic rings. The molecule has 0 bridgehead atoms. The Morgan fingerprint density at radius 3 is 2.47 bits per heavy atom. The second kappa shape index (κ2) is 4.94. The van der Waals surface area contributed by atoms with Crippen molar-refractivity contribution in [3.63, 3.8) is 0 Å². The van der Waals surface area contributed by atoms with Gasteiger partial charge in [0, 0.05) is 19.3 Å². The van der Waals surface area contributed by atoms with Gasteiger partial charge in [0.05, 0.1) is 6.54 Å². The number of nitrogens with zero attached hydrogens (tertiary/aromatic N) is 1. The van der Waals surface area contributed by atoms with E-state index in [0.29, 0.717) is 0 Å². The lowest BCUT2D eigenvalue weighted by molar-refractivity contribution is -0.145. The number of likely N-dealkylation sites (tertiary alicyclic amines) is 1. The fraction of sp³-hybridized carbons (Fsp3) is 0.600. The number of aliphatic carboxylic acids is 1. The number of imide groups is 1. The lowest BCUT2D eigenvalue weighted by Crippen LogP contribution is -2.49. The molecular weight excluding hydrogens is 228 g/mol. The van der Waals surface area contributed by atoms with Gasteiger partial charge in [-0.3, -0.25) is 19.3 Å². The Morgan fingerprint density at radius 2 is 2.12 bits per heavy atom. The van der Waals surface area contributed by atoms with Crippen LogP contribution in [0, 0.1) is 5.92 Å². The van der Waals surface area contributed by atoms with Crippen molar-refractivity contribution >= 4 is 23.7 Å². The van der Waals surface area contributed by atoms with Gasteiger partial charge < -0.3 is 10.4 Å². The van der Waals surface area contributed by atoms with Gasteiger partial charge in [0.1, 0.15) is 6.04 Å². The van der Waals surface area contributed by atoms with Crippen LogP contribution in [0.2, 0.25) is 0 Å². The molecule has 2 atom stereocenters. The molecule has 1 fully saturated rings. The zero-order valence-electron chi connectivity index (χ0n) is 9.60. The van der Waals surface area contributed by atoms with E-state index >= 15 is 0 Å². The Morgan fingerprint density at radius 1 is 1.53 bits per heavy atom. The highest BCUT2D eigenvalue weighted by molar-refractivity contribution is 6.03. The van der Waals surface area contributed by atoms with Crippen LogP contribution in [-0.4, -0.2) is 46.3 Å². The summed E-state index contributed by atoms with van der Waals surface area (Å²) < 4.78 is 0. The molecule has 17 heavy (non-hydrogen) atoms. The predicted molar refractivity (Wildman–Crippen MR) is 55.7 cm³/mol. The molecule has 1 saturated heterocycles. The van der Waals surface area contributed by atoms with E-state index in [1.165, 1.54) is 6.92 Å². The van der Waals surface area contributed by atoms with Crippen LogP contribution < -0.4 is 5.32 Å². The number of amides is 3. The van der Waals surface area contributed by atoms with E-state index in [2.05, 4.69) is 5.32 Å². The maximum absolute atomic E-state index is 11.6. The molecule has 2 unspecified atom stereocenters. The predicted octanol–water partition coefficient (Wildman–Crippen LogP) is -1.03. The SMILES string of the molecule is CC(=O)NC(CN1C(=O)CC(C)C1=O)C(=O)O. The van der Waals surface area contributed by atoms with E-state index in [1.807, 2.05) is 0 Å². The Bertz CT molecular complexity index is 379. The summed E-state index contributed by atoms with van der Waals surface area (Å²) in [6.07, 6.45) is 0.0885. The quantitative estimate of drug-likeness (QED) is 0.613. The number of carboxylic acid groups (broad SMARTS) is 1. The summed E-state index contributed by atoms with van der Waals surface area (Å²) in [5.41, 5.74) is 0. The van der Waals surface area contributed by atoms with Crippen molar-refractivity contribution < 1.29 is 24.3 Å².